The second kappa shape index (κ2) is 7.68. The first-order chi connectivity index (χ1) is 8.58. The zero-order valence-electron chi connectivity index (χ0n) is 10.4. The summed E-state index contributed by atoms with van der Waals surface area (Å²) < 4.78 is 0. The molecule has 18 heavy (non-hydrogen) atoms. The van der Waals surface area contributed by atoms with Crippen LogP contribution >= 0.6 is 0 Å². The van der Waals surface area contributed by atoms with Crippen LogP contribution in [-0.2, 0) is 9.59 Å². The number of hydrogen-bond acceptors (Lipinski definition) is 3. The molecule has 0 bridgehead atoms. The van der Waals surface area contributed by atoms with Crippen LogP contribution in [0.15, 0.2) is 0 Å². The zero-order valence-corrected chi connectivity index (χ0v) is 10.4. The first-order valence-electron chi connectivity index (χ1n) is 6.40. The van der Waals surface area contributed by atoms with Crippen LogP contribution in [0.2, 0.25) is 0 Å². The molecular weight excluding hydrogens is 236 g/mol. The van der Waals surface area contributed by atoms with Gasteiger partial charge in [-0.25, -0.2) is 4.79 Å². The summed E-state index contributed by atoms with van der Waals surface area (Å²) in [5.74, 6) is -1.22. The average molecular weight is 256 g/mol. The number of hydrogen-bond donors (Lipinski definition) is 3. The van der Waals surface area contributed by atoms with Crippen LogP contribution in [0.3, 0.4) is 0 Å². The van der Waals surface area contributed by atoms with Gasteiger partial charge in [-0.2, -0.15) is 0 Å². The lowest BCUT2D eigenvalue weighted by molar-refractivity contribution is -0.137. The predicted molar refractivity (Wildman–Crippen MR) is 65.0 cm³/mol. The summed E-state index contributed by atoms with van der Waals surface area (Å²) in [6.07, 6.45) is 5.36. The van der Waals surface area contributed by atoms with Gasteiger partial charge >= 0.3 is 12.0 Å². The minimum atomic E-state index is -0.866. The molecule has 0 heterocycles. The van der Waals surface area contributed by atoms with Gasteiger partial charge in [0.2, 0.25) is 5.91 Å². The molecule has 0 radical (unpaired) electrons. The third kappa shape index (κ3) is 6.22. The van der Waals surface area contributed by atoms with Crippen molar-refractivity contribution in [3.63, 3.8) is 0 Å². The fourth-order valence-corrected chi connectivity index (χ4v) is 2.04. The number of carboxylic acid groups (broad SMARTS) is 1. The molecule has 0 aliphatic heterocycles. The van der Waals surface area contributed by atoms with Crippen molar-refractivity contribution >= 4 is 17.9 Å². The van der Waals surface area contributed by atoms with Gasteiger partial charge in [0.05, 0.1) is 0 Å². The fourth-order valence-electron chi connectivity index (χ4n) is 2.04. The molecule has 1 aliphatic carbocycles. The van der Waals surface area contributed by atoms with Crippen molar-refractivity contribution in [1.29, 1.82) is 0 Å². The summed E-state index contributed by atoms with van der Waals surface area (Å²) in [5.41, 5.74) is 0. The Labute approximate surface area is 106 Å². The number of imide groups is 1. The third-order valence-corrected chi connectivity index (χ3v) is 2.99. The smallest absolute Gasteiger partial charge is 0.321 e. The van der Waals surface area contributed by atoms with Crippen LogP contribution in [-0.4, -0.2) is 29.1 Å². The Hall–Kier alpha value is -1.59. The zero-order chi connectivity index (χ0) is 13.4. The predicted octanol–water partition coefficient (Wildman–Crippen LogP) is 1.40. The minimum absolute atomic E-state index is 0.0571. The van der Waals surface area contributed by atoms with E-state index in [0.29, 0.717) is 12.8 Å². The molecule has 3 N–H and O–H groups in total. The van der Waals surface area contributed by atoms with Crippen molar-refractivity contribution in [3.05, 3.63) is 0 Å². The maximum atomic E-state index is 11.4. The fraction of sp³-hybridized carbons (Fsp3) is 0.750. The van der Waals surface area contributed by atoms with E-state index in [2.05, 4.69) is 10.6 Å². The van der Waals surface area contributed by atoms with Crippen molar-refractivity contribution < 1.29 is 19.5 Å². The Morgan fingerprint density at radius 2 is 1.67 bits per heavy atom. The largest absolute Gasteiger partial charge is 0.481 e. The Morgan fingerprint density at radius 3 is 2.28 bits per heavy atom. The van der Waals surface area contributed by atoms with Gasteiger partial charge in [-0.15, -0.1) is 0 Å². The number of unbranched alkanes of at least 4 members (excludes halogenated alkanes) is 1. The Kier molecular flexibility index (Phi) is 6.18. The molecule has 0 aromatic carbocycles. The van der Waals surface area contributed by atoms with Gasteiger partial charge in [0, 0.05) is 18.9 Å². The molecule has 1 rings (SSSR count). The van der Waals surface area contributed by atoms with Gasteiger partial charge in [0.1, 0.15) is 0 Å². The lowest BCUT2D eigenvalue weighted by Gasteiger charge is -2.12. The molecule has 3 amide bonds. The summed E-state index contributed by atoms with van der Waals surface area (Å²) in [5, 5.41) is 13.4. The van der Waals surface area contributed by atoms with E-state index >= 15 is 0 Å². The topological polar surface area (TPSA) is 95.5 Å². The van der Waals surface area contributed by atoms with E-state index in [9.17, 15) is 14.4 Å². The van der Waals surface area contributed by atoms with Crippen molar-refractivity contribution in [2.75, 3.05) is 0 Å². The molecule has 1 saturated carbocycles. The van der Waals surface area contributed by atoms with E-state index < -0.39 is 12.0 Å². The second-order valence-corrected chi connectivity index (χ2v) is 4.60. The minimum Gasteiger partial charge on any atom is -0.481 e. The van der Waals surface area contributed by atoms with E-state index in [4.69, 9.17) is 5.11 Å². The number of carbonyl (C=O) groups excluding carboxylic acids is 2. The highest BCUT2D eigenvalue weighted by atomic mass is 16.4. The van der Waals surface area contributed by atoms with Gasteiger partial charge in [0.25, 0.3) is 0 Å². The number of amides is 3. The van der Waals surface area contributed by atoms with Gasteiger partial charge in [0.15, 0.2) is 0 Å². The molecule has 0 aromatic rings. The lowest BCUT2D eigenvalue weighted by Crippen LogP contribution is -2.43. The van der Waals surface area contributed by atoms with Crippen molar-refractivity contribution in [1.82, 2.24) is 10.6 Å². The Balaban J connectivity index is 2.07. The number of carbonyl (C=O) groups is 3. The molecule has 0 aromatic heterocycles. The standard InChI is InChI=1S/C12H20N2O4/c15-10(7-3-4-8-11(16)17)14-12(18)13-9-5-1-2-6-9/h9H,1-8H2,(H,16,17)(H2,13,14,15,18). The van der Waals surface area contributed by atoms with E-state index in [1.807, 2.05) is 0 Å². The third-order valence-electron chi connectivity index (χ3n) is 2.99. The van der Waals surface area contributed by atoms with Crippen LogP contribution in [0.4, 0.5) is 4.79 Å². The van der Waals surface area contributed by atoms with Gasteiger partial charge in [-0.3, -0.25) is 14.9 Å². The molecule has 1 fully saturated rings. The molecule has 0 atom stereocenters. The summed E-state index contributed by atoms with van der Waals surface area (Å²) in [7, 11) is 0. The molecule has 0 spiro atoms. The first-order valence-corrected chi connectivity index (χ1v) is 6.40. The van der Waals surface area contributed by atoms with E-state index in [-0.39, 0.29) is 24.8 Å². The van der Waals surface area contributed by atoms with Crippen LogP contribution in [0.5, 0.6) is 0 Å². The lowest BCUT2D eigenvalue weighted by atomic mass is 10.2. The molecule has 1 aliphatic rings. The first kappa shape index (κ1) is 14.5. The maximum absolute atomic E-state index is 11.4. The van der Waals surface area contributed by atoms with E-state index in [1.54, 1.807) is 0 Å². The summed E-state index contributed by atoms with van der Waals surface area (Å²) in [6, 6.07) is -0.255. The number of rotatable bonds is 6. The van der Waals surface area contributed by atoms with Crippen LogP contribution in [0.25, 0.3) is 0 Å². The van der Waals surface area contributed by atoms with Gasteiger partial charge in [-0.1, -0.05) is 12.8 Å². The van der Waals surface area contributed by atoms with Gasteiger partial charge in [-0.05, 0) is 25.7 Å². The SMILES string of the molecule is O=C(O)CCCCC(=O)NC(=O)NC1CCCC1. The monoisotopic (exact) mass is 256 g/mol. The number of carboxylic acids is 1. The van der Waals surface area contributed by atoms with Crippen LogP contribution < -0.4 is 10.6 Å². The molecule has 6 heteroatoms. The summed E-state index contributed by atoms with van der Waals surface area (Å²) in [6.45, 7) is 0. The maximum Gasteiger partial charge on any atom is 0.321 e. The van der Waals surface area contributed by atoms with E-state index in [1.165, 1.54) is 0 Å². The normalized spacial score (nSPS) is 15.3. The number of aliphatic carboxylic acids is 1. The van der Waals surface area contributed by atoms with Gasteiger partial charge < -0.3 is 10.4 Å². The molecule has 102 valence electrons. The Morgan fingerprint density at radius 1 is 1.06 bits per heavy atom. The highest BCUT2D eigenvalue weighted by Crippen LogP contribution is 2.17. The quantitative estimate of drug-likeness (QED) is 0.626. The number of urea groups is 1. The average Bonchev–Trinajstić information content (AvgIpc) is 2.76. The highest BCUT2D eigenvalue weighted by molar-refractivity contribution is 5.94. The summed E-state index contributed by atoms with van der Waals surface area (Å²) >= 11 is 0. The number of nitrogens with one attached hydrogen (secondary N) is 2. The molecule has 0 saturated heterocycles. The Bertz CT molecular complexity index is 311. The molecular formula is C12H20N2O4. The molecule has 0 unspecified atom stereocenters. The van der Waals surface area contributed by atoms with Crippen LogP contribution in [0, 0.1) is 0 Å². The van der Waals surface area contributed by atoms with Crippen molar-refractivity contribution in [2.24, 2.45) is 0 Å². The summed E-state index contributed by atoms with van der Waals surface area (Å²) in [4.78, 5) is 33.0. The highest BCUT2D eigenvalue weighted by Gasteiger charge is 2.17. The molecule has 6 nitrogen and oxygen atoms in total. The van der Waals surface area contributed by atoms with Crippen molar-refractivity contribution in [2.45, 2.75) is 57.4 Å². The van der Waals surface area contributed by atoms with E-state index in [0.717, 1.165) is 25.7 Å². The van der Waals surface area contributed by atoms with Crippen molar-refractivity contribution in [3.8, 4) is 0 Å². The van der Waals surface area contributed by atoms with Crippen LogP contribution in [0.1, 0.15) is 51.4 Å². The second-order valence-electron chi connectivity index (χ2n) is 4.60.